The third-order valence-electron chi connectivity index (χ3n) is 2.54. The van der Waals surface area contributed by atoms with Crippen LogP contribution < -0.4 is 0 Å². The van der Waals surface area contributed by atoms with Gasteiger partial charge in [-0.05, 0) is 43.9 Å². The van der Waals surface area contributed by atoms with E-state index in [4.69, 9.17) is 0 Å². The summed E-state index contributed by atoms with van der Waals surface area (Å²) in [7, 11) is 0. The standard InChI is InChI=1S/C11H13N/c1-3-9-4-5-10-11(9)8(2)6-7-12-10/h3,6-7H,4-5H2,1-2H3/b9-3-. The van der Waals surface area contributed by atoms with Gasteiger partial charge in [-0.25, -0.2) is 0 Å². The Morgan fingerprint density at radius 1 is 1.42 bits per heavy atom. The average molecular weight is 159 g/mol. The van der Waals surface area contributed by atoms with E-state index < -0.39 is 0 Å². The molecular weight excluding hydrogens is 146 g/mol. The van der Waals surface area contributed by atoms with Gasteiger partial charge in [-0.15, -0.1) is 0 Å². The Balaban J connectivity index is 2.63. The third-order valence-corrected chi connectivity index (χ3v) is 2.54. The summed E-state index contributed by atoms with van der Waals surface area (Å²) in [5.41, 5.74) is 5.52. The summed E-state index contributed by atoms with van der Waals surface area (Å²) in [6.07, 6.45) is 6.41. The minimum absolute atomic E-state index is 1.12. The van der Waals surface area contributed by atoms with Gasteiger partial charge >= 0.3 is 0 Å². The average Bonchev–Trinajstić information content (AvgIpc) is 2.49. The molecule has 1 aromatic heterocycles. The maximum Gasteiger partial charge on any atom is 0.0484 e. The fourth-order valence-corrected chi connectivity index (χ4v) is 1.91. The van der Waals surface area contributed by atoms with Gasteiger partial charge in [-0.1, -0.05) is 6.08 Å². The Labute approximate surface area is 73.1 Å². The molecule has 62 valence electrons. The summed E-state index contributed by atoms with van der Waals surface area (Å²) in [4.78, 5) is 4.38. The second kappa shape index (κ2) is 2.74. The first-order valence-electron chi connectivity index (χ1n) is 4.43. The highest BCUT2D eigenvalue weighted by molar-refractivity contribution is 5.73. The number of pyridine rings is 1. The SMILES string of the molecule is C/C=C1/CCc2nccc(C)c21. The lowest BCUT2D eigenvalue weighted by atomic mass is 10.1. The molecular formula is C11H13N. The van der Waals surface area contributed by atoms with E-state index in [2.05, 4.69) is 31.0 Å². The van der Waals surface area contributed by atoms with Crippen molar-refractivity contribution in [3.63, 3.8) is 0 Å². The van der Waals surface area contributed by atoms with Crippen molar-refractivity contribution in [3.8, 4) is 0 Å². The van der Waals surface area contributed by atoms with Crippen LogP contribution in [0.1, 0.15) is 30.2 Å². The number of hydrogen-bond acceptors (Lipinski definition) is 1. The minimum Gasteiger partial charge on any atom is -0.261 e. The van der Waals surface area contributed by atoms with Gasteiger partial charge in [0.25, 0.3) is 0 Å². The molecule has 1 aromatic rings. The summed E-state index contributed by atoms with van der Waals surface area (Å²) in [6.45, 7) is 4.27. The molecule has 1 heteroatoms. The number of rotatable bonds is 0. The summed E-state index contributed by atoms with van der Waals surface area (Å²) < 4.78 is 0. The Hall–Kier alpha value is -1.11. The summed E-state index contributed by atoms with van der Waals surface area (Å²) in [6, 6.07) is 2.09. The lowest BCUT2D eigenvalue weighted by Crippen LogP contribution is -1.89. The van der Waals surface area contributed by atoms with E-state index in [1.165, 1.54) is 28.8 Å². The molecule has 0 fully saturated rings. The van der Waals surface area contributed by atoms with Crippen LogP contribution >= 0.6 is 0 Å². The first-order valence-corrected chi connectivity index (χ1v) is 4.43. The van der Waals surface area contributed by atoms with Crippen molar-refractivity contribution in [2.75, 3.05) is 0 Å². The molecule has 0 N–H and O–H groups in total. The molecule has 0 amide bonds. The predicted molar refractivity (Wildman–Crippen MR) is 50.9 cm³/mol. The van der Waals surface area contributed by atoms with Gasteiger partial charge in [0.05, 0.1) is 0 Å². The van der Waals surface area contributed by atoms with Crippen molar-refractivity contribution in [2.24, 2.45) is 0 Å². The van der Waals surface area contributed by atoms with E-state index in [-0.39, 0.29) is 0 Å². The van der Waals surface area contributed by atoms with Crippen molar-refractivity contribution in [2.45, 2.75) is 26.7 Å². The Morgan fingerprint density at radius 2 is 2.25 bits per heavy atom. The van der Waals surface area contributed by atoms with Gasteiger partial charge < -0.3 is 0 Å². The Kier molecular flexibility index (Phi) is 1.72. The maximum absolute atomic E-state index is 4.38. The molecule has 0 unspecified atom stereocenters. The molecule has 0 aliphatic heterocycles. The van der Waals surface area contributed by atoms with Crippen molar-refractivity contribution in [1.82, 2.24) is 4.98 Å². The second-order valence-electron chi connectivity index (χ2n) is 3.26. The van der Waals surface area contributed by atoms with Crippen LogP contribution in [0.25, 0.3) is 5.57 Å². The number of nitrogens with zero attached hydrogens (tertiary/aromatic N) is 1. The van der Waals surface area contributed by atoms with Gasteiger partial charge in [0.2, 0.25) is 0 Å². The van der Waals surface area contributed by atoms with Gasteiger partial charge in [-0.3, -0.25) is 4.98 Å². The lowest BCUT2D eigenvalue weighted by molar-refractivity contribution is 1.01. The number of allylic oxidation sites excluding steroid dienone is 2. The van der Waals surface area contributed by atoms with E-state index in [9.17, 15) is 0 Å². The quantitative estimate of drug-likeness (QED) is 0.567. The first kappa shape index (κ1) is 7.53. The fraction of sp³-hybridized carbons (Fsp3) is 0.364. The van der Waals surface area contributed by atoms with E-state index >= 15 is 0 Å². The van der Waals surface area contributed by atoms with Gasteiger partial charge in [0.1, 0.15) is 0 Å². The monoisotopic (exact) mass is 159 g/mol. The molecule has 0 aromatic carbocycles. The van der Waals surface area contributed by atoms with Gasteiger partial charge in [0, 0.05) is 17.5 Å². The number of fused-ring (bicyclic) bond motifs is 1. The molecule has 1 aliphatic rings. The second-order valence-corrected chi connectivity index (χ2v) is 3.26. The molecule has 0 bridgehead atoms. The Morgan fingerprint density at radius 3 is 3.00 bits per heavy atom. The molecule has 2 rings (SSSR count). The number of aromatic nitrogens is 1. The van der Waals surface area contributed by atoms with Crippen molar-refractivity contribution in [1.29, 1.82) is 0 Å². The third kappa shape index (κ3) is 0.970. The van der Waals surface area contributed by atoms with Gasteiger partial charge in [-0.2, -0.15) is 0 Å². The van der Waals surface area contributed by atoms with E-state index in [0.29, 0.717) is 0 Å². The lowest BCUT2D eigenvalue weighted by Gasteiger charge is -2.03. The summed E-state index contributed by atoms with van der Waals surface area (Å²) >= 11 is 0. The molecule has 1 nitrogen and oxygen atoms in total. The van der Waals surface area contributed by atoms with Gasteiger partial charge in [0.15, 0.2) is 0 Å². The normalized spacial score (nSPS) is 18.3. The summed E-state index contributed by atoms with van der Waals surface area (Å²) in [5.74, 6) is 0. The van der Waals surface area contributed by atoms with Crippen LogP contribution in [0.2, 0.25) is 0 Å². The highest BCUT2D eigenvalue weighted by Gasteiger charge is 2.17. The molecule has 0 atom stereocenters. The van der Waals surface area contributed by atoms with Crippen molar-refractivity contribution in [3.05, 3.63) is 35.2 Å². The number of hydrogen-bond donors (Lipinski definition) is 0. The smallest absolute Gasteiger partial charge is 0.0484 e. The summed E-state index contributed by atoms with van der Waals surface area (Å²) in [5, 5.41) is 0. The van der Waals surface area contributed by atoms with Crippen molar-refractivity contribution >= 4 is 5.57 Å². The van der Waals surface area contributed by atoms with Crippen molar-refractivity contribution < 1.29 is 0 Å². The van der Waals surface area contributed by atoms with Crippen LogP contribution in [-0.4, -0.2) is 4.98 Å². The Bertz CT molecular complexity index is 337. The molecule has 0 saturated heterocycles. The highest BCUT2D eigenvalue weighted by Crippen LogP contribution is 2.32. The van der Waals surface area contributed by atoms with Crippen LogP contribution in [0.5, 0.6) is 0 Å². The molecule has 0 saturated carbocycles. The van der Waals surface area contributed by atoms with E-state index in [1.807, 2.05) is 6.20 Å². The van der Waals surface area contributed by atoms with Crippen LogP contribution in [-0.2, 0) is 6.42 Å². The van der Waals surface area contributed by atoms with Crippen LogP contribution in [0.15, 0.2) is 18.3 Å². The van der Waals surface area contributed by atoms with E-state index in [0.717, 1.165) is 6.42 Å². The zero-order valence-corrected chi connectivity index (χ0v) is 7.59. The van der Waals surface area contributed by atoms with Crippen LogP contribution in [0.3, 0.4) is 0 Å². The van der Waals surface area contributed by atoms with Crippen LogP contribution in [0.4, 0.5) is 0 Å². The van der Waals surface area contributed by atoms with Crippen LogP contribution in [0, 0.1) is 6.92 Å². The maximum atomic E-state index is 4.38. The predicted octanol–water partition coefficient (Wildman–Crippen LogP) is 2.74. The molecule has 1 heterocycles. The zero-order valence-electron chi connectivity index (χ0n) is 7.59. The molecule has 12 heavy (non-hydrogen) atoms. The number of aryl methyl sites for hydroxylation is 2. The first-order chi connectivity index (χ1) is 5.83. The topological polar surface area (TPSA) is 12.9 Å². The molecule has 0 spiro atoms. The molecule has 1 aliphatic carbocycles. The van der Waals surface area contributed by atoms with E-state index in [1.54, 1.807) is 0 Å². The molecule has 0 radical (unpaired) electrons. The highest BCUT2D eigenvalue weighted by atomic mass is 14.7. The largest absolute Gasteiger partial charge is 0.261 e. The fourth-order valence-electron chi connectivity index (χ4n) is 1.91. The zero-order chi connectivity index (χ0) is 8.55. The minimum atomic E-state index is 1.12.